The smallest absolute Gasteiger partial charge is 0.237 e. The maximum atomic E-state index is 9.28. The van der Waals surface area contributed by atoms with Crippen molar-refractivity contribution in [3.8, 4) is 6.07 Å². The zero-order valence-corrected chi connectivity index (χ0v) is 11.4. The minimum Gasteiger partial charge on any atom is -0.273 e. The third kappa shape index (κ3) is 2.50. The van der Waals surface area contributed by atoms with Crippen LogP contribution in [0.15, 0.2) is 0 Å². The van der Waals surface area contributed by atoms with Gasteiger partial charge in [0.15, 0.2) is 5.00 Å². The lowest BCUT2D eigenvalue weighted by atomic mass is 9.89. The minimum atomic E-state index is 0.748. The monoisotopic (exact) mass is 248 g/mol. The summed E-state index contributed by atoms with van der Waals surface area (Å²) >= 11 is 1.74. The zero-order chi connectivity index (χ0) is 12.4. The third-order valence-electron chi connectivity index (χ3n) is 3.08. The molecule has 2 rings (SSSR count). The van der Waals surface area contributed by atoms with Crippen LogP contribution in [-0.4, -0.2) is 25.0 Å². The van der Waals surface area contributed by atoms with Gasteiger partial charge in [0.05, 0.1) is 14.1 Å². The molecule has 0 amide bonds. The molecule has 1 unspecified atom stereocenters. The predicted octanol–water partition coefficient (Wildman–Crippen LogP) is 2.46. The van der Waals surface area contributed by atoms with E-state index < -0.39 is 0 Å². The molecule has 1 aromatic heterocycles. The van der Waals surface area contributed by atoms with E-state index in [1.807, 2.05) is 25.0 Å². The molecule has 0 radical (unpaired) electrons. The average Bonchev–Trinajstić information content (AvgIpc) is 2.62. The van der Waals surface area contributed by atoms with E-state index in [0.29, 0.717) is 0 Å². The summed E-state index contributed by atoms with van der Waals surface area (Å²) in [5.74, 6) is 0.748. The van der Waals surface area contributed by atoms with Gasteiger partial charge in [0.1, 0.15) is 11.6 Å². The number of fused-ring (bicyclic) bond motifs is 1. The van der Waals surface area contributed by atoms with Crippen molar-refractivity contribution in [3.63, 3.8) is 0 Å². The molecule has 1 heterocycles. The second-order valence-electron chi connectivity index (χ2n) is 4.90. The Morgan fingerprint density at radius 2 is 2.29 bits per heavy atom. The largest absolute Gasteiger partial charge is 0.273 e. The Bertz CT molecular complexity index is 489. The lowest BCUT2D eigenvalue weighted by Crippen LogP contribution is -2.09. The first-order valence-corrected chi connectivity index (χ1v) is 6.74. The molecule has 0 fully saturated rings. The van der Waals surface area contributed by atoms with Crippen molar-refractivity contribution in [2.24, 2.45) is 5.92 Å². The summed E-state index contributed by atoms with van der Waals surface area (Å²) in [5, 5.41) is 13.5. The number of nitrogens with zero attached hydrogens (tertiary/aromatic N) is 2. The number of nitrogens with one attached hydrogen (secondary N) is 1. The van der Waals surface area contributed by atoms with E-state index in [2.05, 4.69) is 18.3 Å². The number of hydrogen-bond acceptors (Lipinski definition) is 2. The summed E-state index contributed by atoms with van der Waals surface area (Å²) in [6.07, 6.45) is 5.27. The fourth-order valence-electron chi connectivity index (χ4n) is 2.16. The van der Waals surface area contributed by atoms with E-state index in [9.17, 15) is 5.26 Å². The Kier molecular flexibility index (Phi) is 3.49. The Hall–Kier alpha value is -1.34. The third-order valence-corrected chi connectivity index (χ3v) is 4.26. The van der Waals surface area contributed by atoms with Crippen LogP contribution in [0.1, 0.15) is 29.3 Å². The Morgan fingerprint density at radius 1 is 1.53 bits per heavy atom. The second-order valence-corrected chi connectivity index (χ2v) is 6.01. The van der Waals surface area contributed by atoms with E-state index in [1.165, 1.54) is 16.9 Å². The highest BCUT2D eigenvalue weighted by atomic mass is 32.1. The normalized spacial score (nSPS) is 18.1. The molecule has 4 heteroatoms. The zero-order valence-electron chi connectivity index (χ0n) is 10.6. The van der Waals surface area contributed by atoms with E-state index in [-0.39, 0.29) is 0 Å². The van der Waals surface area contributed by atoms with Gasteiger partial charge in [-0.15, -0.1) is 0 Å². The van der Waals surface area contributed by atoms with Crippen molar-refractivity contribution in [1.82, 2.24) is 0 Å². The number of nitriles is 1. The molecule has 0 spiro atoms. The van der Waals surface area contributed by atoms with Crippen molar-refractivity contribution in [2.75, 3.05) is 19.4 Å². The molecule has 0 saturated carbocycles. The van der Waals surface area contributed by atoms with Gasteiger partial charge in [-0.1, -0.05) is 18.3 Å². The van der Waals surface area contributed by atoms with Gasteiger partial charge in [0.25, 0.3) is 0 Å². The highest BCUT2D eigenvalue weighted by Crippen LogP contribution is 2.38. The molecular formula is C13H18N3S+. The molecule has 1 aromatic rings. The Morgan fingerprint density at radius 3 is 2.94 bits per heavy atom. The van der Waals surface area contributed by atoms with Crippen LogP contribution in [0.25, 0.3) is 0 Å². The predicted molar refractivity (Wildman–Crippen MR) is 72.0 cm³/mol. The average molecular weight is 248 g/mol. The van der Waals surface area contributed by atoms with Crippen molar-refractivity contribution < 1.29 is 4.58 Å². The van der Waals surface area contributed by atoms with Gasteiger partial charge in [-0.25, -0.2) is 5.32 Å². The second kappa shape index (κ2) is 4.89. The molecule has 17 heavy (non-hydrogen) atoms. The molecule has 90 valence electrons. The van der Waals surface area contributed by atoms with Crippen molar-refractivity contribution in [3.05, 3.63) is 16.0 Å². The summed E-state index contributed by atoms with van der Waals surface area (Å²) in [6, 6.07) is 2.35. The Balaban J connectivity index is 2.35. The standard InChI is InChI=1S/C13H17N3S/c1-9-4-5-10-11(7-14)13(15-8-16(2)3)17-12(10)6-9/h8-9H,4-6H2,1-3H3/p+1. The first-order valence-electron chi connectivity index (χ1n) is 5.92. The van der Waals surface area contributed by atoms with E-state index in [0.717, 1.165) is 29.3 Å². The highest BCUT2D eigenvalue weighted by molar-refractivity contribution is 7.16. The lowest BCUT2D eigenvalue weighted by Gasteiger charge is -2.17. The first kappa shape index (κ1) is 12.1. The van der Waals surface area contributed by atoms with Crippen LogP contribution in [-0.2, 0) is 12.8 Å². The molecule has 3 nitrogen and oxygen atoms in total. The maximum Gasteiger partial charge on any atom is 0.237 e. The molecule has 1 atom stereocenters. The lowest BCUT2D eigenvalue weighted by molar-refractivity contribution is -0.459. The highest BCUT2D eigenvalue weighted by Gasteiger charge is 2.25. The van der Waals surface area contributed by atoms with Crippen LogP contribution in [0.3, 0.4) is 0 Å². The van der Waals surface area contributed by atoms with Gasteiger partial charge in [-0.3, -0.25) is 4.58 Å². The molecule has 0 aliphatic heterocycles. The van der Waals surface area contributed by atoms with Crippen molar-refractivity contribution in [1.29, 1.82) is 5.26 Å². The summed E-state index contributed by atoms with van der Waals surface area (Å²) in [6.45, 7) is 2.29. The van der Waals surface area contributed by atoms with Gasteiger partial charge in [0, 0.05) is 4.88 Å². The number of thiophene rings is 1. The van der Waals surface area contributed by atoms with Crippen LogP contribution in [0.5, 0.6) is 0 Å². The molecule has 0 bridgehead atoms. The van der Waals surface area contributed by atoms with Crippen LogP contribution in [0.2, 0.25) is 0 Å². The van der Waals surface area contributed by atoms with Gasteiger partial charge in [-0.05, 0) is 30.7 Å². The maximum absolute atomic E-state index is 9.28. The molecule has 1 aliphatic carbocycles. The molecule has 1 aliphatic rings. The van der Waals surface area contributed by atoms with Crippen LogP contribution in [0, 0.1) is 17.2 Å². The van der Waals surface area contributed by atoms with Crippen LogP contribution < -0.4 is 5.32 Å². The number of rotatable bonds is 2. The number of anilines is 1. The first-order chi connectivity index (χ1) is 8.11. The summed E-state index contributed by atoms with van der Waals surface area (Å²) in [4.78, 5) is 1.40. The SMILES string of the molecule is CC1CCc2c(sc(NC=[N+](C)C)c2C#N)C1. The fraction of sp³-hybridized carbons (Fsp3) is 0.538. The van der Waals surface area contributed by atoms with Crippen molar-refractivity contribution in [2.45, 2.75) is 26.2 Å². The van der Waals surface area contributed by atoms with Crippen LogP contribution in [0.4, 0.5) is 5.00 Å². The topological polar surface area (TPSA) is 38.8 Å². The molecule has 0 aromatic carbocycles. The molecule has 0 saturated heterocycles. The summed E-state index contributed by atoms with van der Waals surface area (Å²) in [7, 11) is 3.93. The minimum absolute atomic E-state index is 0.748. The molecular weight excluding hydrogens is 230 g/mol. The van der Waals surface area contributed by atoms with Gasteiger partial charge < -0.3 is 0 Å². The fourth-order valence-corrected chi connectivity index (χ4v) is 3.48. The van der Waals surface area contributed by atoms with Crippen LogP contribution >= 0.6 is 11.3 Å². The van der Waals surface area contributed by atoms with E-state index in [4.69, 9.17) is 0 Å². The van der Waals surface area contributed by atoms with Crippen molar-refractivity contribution >= 4 is 22.7 Å². The summed E-state index contributed by atoms with van der Waals surface area (Å²) < 4.78 is 1.95. The van der Waals surface area contributed by atoms with E-state index >= 15 is 0 Å². The molecule has 1 N–H and O–H groups in total. The number of hydrogen-bond donors (Lipinski definition) is 1. The summed E-state index contributed by atoms with van der Waals surface area (Å²) in [5.41, 5.74) is 2.14. The van der Waals surface area contributed by atoms with E-state index in [1.54, 1.807) is 11.3 Å². The van der Waals surface area contributed by atoms with Gasteiger partial charge in [-0.2, -0.15) is 5.26 Å². The Labute approximate surface area is 106 Å². The van der Waals surface area contributed by atoms with Gasteiger partial charge in [0.2, 0.25) is 6.34 Å². The van der Waals surface area contributed by atoms with Gasteiger partial charge >= 0.3 is 0 Å². The quantitative estimate of drug-likeness (QED) is 0.496.